The van der Waals surface area contributed by atoms with Gasteiger partial charge in [0, 0.05) is 28.8 Å². The van der Waals surface area contributed by atoms with Gasteiger partial charge in [0.25, 0.3) is 11.2 Å². The van der Waals surface area contributed by atoms with Gasteiger partial charge in [0.2, 0.25) is 17.8 Å². The molecule has 1 aromatic heterocycles. The SMILES string of the molecule is Cc1ccc(NC(=O)[C@@H]2CC(=O)Nc3nc(Nc4ccc(Cl)cc4Cl)[nH]c(=O)c32)cc1[N+](=O)[O-]. The molecule has 0 aliphatic carbocycles. The summed E-state index contributed by atoms with van der Waals surface area (Å²) in [6, 6.07) is 8.87. The molecular weight excluding hydrogens is 487 g/mol. The number of aromatic nitrogens is 2. The zero-order valence-corrected chi connectivity index (χ0v) is 19.0. The Kier molecular flexibility index (Phi) is 6.22. The van der Waals surface area contributed by atoms with Gasteiger partial charge < -0.3 is 16.0 Å². The largest absolute Gasteiger partial charge is 0.325 e. The number of aromatic amines is 1. The predicted molar refractivity (Wildman–Crippen MR) is 127 cm³/mol. The summed E-state index contributed by atoms with van der Waals surface area (Å²) in [5, 5.41) is 19.8. The maximum atomic E-state index is 13.0. The Morgan fingerprint density at radius 2 is 1.97 bits per heavy atom. The van der Waals surface area contributed by atoms with Crippen LogP contribution >= 0.6 is 23.2 Å². The molecular formula is C21H16Cl2N6O5. The van der Waals surface area contributed by atoms with Crippen molar-refractivity contribution in [2.75, 3.05) is 16.0 Å². The summed E-state index contributed by atoms with van der Waals surface area (Å²) < 4.78 is 0. The molecule has 2 amide bonds. The number of anilines is 4. The molecule has 4 N–H and O–H groups in total. The standard InChI is InChI=1S/C21H16Cl2N6O5/c1-9-2-4-11(7-15(9)29(33)34)24-19(31)12-8-16(30)26-18-17(12)20(32)28-21(27-18)25-14-5-3-10(22)6-13(14)23/h2-7,12H,8H2,1H3,(H,24,31)(H3,25,26,27,28,30,32)/t12-/m1/s1. The van der Waals surface area contributed by atoms with Crippen LogP contribution in [0.5, 0.6) is 0 Å². The second-order valence-electron chi connectivity index (χ2n) is 7.48. The van der Waals surface area contributed by atoms with E-state index in [0.717, 1.165) is 0 Å². The third kappa shape index (κ3) is 4.70. The molecule has 1 aliphatic rings. The average molecular weight is 503 g/mol. The normalized spacial score (nSPS) is 14.7. The molecule has 0 radical (unpaired) electrons. The number of nitro benzene ring substituents is 1. The van der Waals surface area contributed by atoms with Crippen LogP contribution in [0.4, 0.5) is 28.8 Å². The van der Waals surface area contributed by atoms with Crippen LogP contribution < -0.4 is 21.5 Å². The van der Waals surface area contributed by atoms with Gasteiger partial charge in [0.15, 0.2) is 0 Å². The summed E-state index contributed by atoms with van der Waals surface area (Å²) in [4.78, 5) is 55.4. The van der Waals surface area contributed by atoms with E-state index < -0.39 is 28.2 Å². The summed E-state index contributed by atoms with van der Waals surface area (Å²) in [7, 11) is 0. The second kappa shape index (κ2) is 9.12. The summed E-state index contributed by atoms with van der Waals surface area (Å²) in [6.07, 6.45) is -0.298. The molecule has 0 unspecified atom stereocenters. The number of benzene rings is 2. The first-order chi connectivity index (χ1) is 16.1. The highest BCUT2D eigenvalue weighted by atomic mass is 35.5. The van der Waals surface area contributed by atoms with E-state index >= 15 is 0 Å². The van der Waals surface area contributed by atoms with Crippen LogP contribution in [0.3, 0.4) is 0 Å². The van der Waals surface area contributed by atoms with Gasteiger partial charge in [-0.1, -0.05) is 29.3 Å². The summed E-state index contributed by atoms with van der Waals surface area (Å²) >= 11 is 12.0. The topological polar surface area (TPSA) is 159 Å². The molecule has 3 aromatic rings. The Morgan fingerprint density at radius 3 is 2.68 bits per heavy atom. The van der Waals surface area contributed by atoms with E-state index in [1.165, 1.54) is 24.3 Å². The number of carbonyl (C=O) groups excluding carboxylic acids is 2. The van der Waals surface area contributed by atoms with Gasteiger partial charge in [-0.05, 0) is 31.2 Å². The lowest BCUT2D eigenvalue weighted by molar-refractivity contribution is -0.385. The molecule has 0 saturated heterocycles. The number of hydrogen-bond acceptors (Lipinski definition) is 7. The number of halogens is 2. The van der Waals surface area contributed by atoms with Crippen molar-refractivity contribution in [2.24, 2.45) is 0 Å². The van der Waals surface area contributed by atoms with Crippen LogP contribution in [0.2, 0.25) is 10.0 Å². The molecule has 2 heterocycles. The number of nitrogens with zero attached hydrogens (tertiary/aromatic N) is 2. The van der Waals surface area contributed by atoms with Crippen molar-refractivity contribution in [3.8, 4) is 0 Å². The fourth-order valence-corrected chi connectivity index (χ4v) is 3.94. The van der Waals surface area contributed by atoms with E-state index in [-0.39, 0.29) is 40.1 Å². The predicted octanol–water partition coefficient (Wildman–Crippen LogP) is 4.10. The molecule has 4 rings (SSSR count). The molecule has 0 saturated carbocycles. The van der Waals surface area contributed by atoms with E-state index in [1.54, 1.807) is 19.1 Å². The lowest BCUT2D eigenvalue weighted by atomic mass is 9.92. The van der Waals surface area contributed by atoms with Gasteiger partial charge in [0.1, 0.15) is 5.82 Å². The molecule has 1 atom stereocenters. The summed E-state index contributed by atoms with van der Waals surface area (Å²) in [5.41, 5.74) is 0.142. The Balaban J connectivity index is 1.64. The summed E-state index contributed by atoms with van der Waals surface area (Å²) in [5.74, 6) is -2.45. The van der Waals surface area contributed by atoms with Gasteiger partial charge in [0.05, 0.1) is 27.1 Å². The fraction of sp³-hybridized carbons (Fsp3) is 0.143. The van der Waals surface area contributed by atoms with Crippen LogP contribution in [0, 0.1) is 17.0 Å². The number of carbonyl (C=O) groups is 2. The second-order valence-corrected chi connectivity index (χ2v) is 8.32. The third-order valence-corrected chi connectivity index (χ3v) is 5.67. The highest BCUT2D eigenvalue weighted by Crippen LogP contribution is 2.32. The Morgan fingerprint density at radius 1 is 1.21 bits per heavy atom. The first kappa shape index (κ1) is 23.2. The number of nitrogens with one attached hydrogen (secondary N) is 4. The number of amides is 2. The molecule has 0 spiro atoms. The maximum Gasteiger partial charge on any atom is 0.274 e. The van der Waals surface area contributed by atoms with Gasteiger partial charge in [-0.25, -0.2) is 0 Å². The molecule has 174 valence electrons. The zero-order valence-electron chi connectivity index (χ0n) is 17.4. The number of rotatable bonds is 5. The summed E-state index contributed by atoms with van der Waals surface area (Å²) in [6.45, 7) is 1.57. The molecule has 0 bridgehead atoms. The molecule has 13 heteroatoms. The van der Waals surface area contributed by atoms with Crippen LogP contribution in [-0.2, 0) is 9.59 Å². The number of fused-ring (bicyclic) bond motifs is 1. The monoisotopic (exact) mass is 502 g/mol. The van der Waals surface area contributed by atoms with E-state index in [4.69, 9.17) is 23.2 Å². The van der Waals surface area contributed by atoms with Crippen molar-refractivity contribution in [1.29, 1.82) is 0 Å². The smallest absolute Gasteiger partial charge is 0.274 e. The van der Waals surface area contributed by atoms with Crippen molar-refractivity contribution < 1.29 is 14.5 Å². The fourth-order valence-electron chi connectivity index (χ4n) is 3.49. The van der Waals surface area contributed by atoms with Crippen molar-refractivity contribution in [2.45, 2.75) is 19.3 Å². The molecule has 34 heavy (non-hydrogen) atoms. The molecule has 1 aliphatic heterocycles. The highest BCUT2D eigenvalue weighted by molar-refractivity contribution is 6.36. The quantitative estimate of drug-likeness (QED) is 0.301. The van der Waals surface area contributed by atoms with Gasteiger partial charge in [-0.15, -0.1) is 0 Å². The first-order valence-electron chi connectivity index (χ1n) is 9.84. The molecule has 11 nitrogen and oxygen atoms in total. The van der Waals surface area contributed by atoms with Crippen LogP contribution in [0.15, 0.2) is 41.2 Å². The van der Waals surface area contributed by atoms with Gasteiger partial charge in [-0.2, -0.15) is 4.98 Å². The minimum absolute atomic E-state index is 0.0107. The van der Waals surface area contributed by atoms with E-state index in [1.807, 2.05) is 0 Å². The number of hydrogen-bond donors (Lipinski definition) is 4. The van der Waals surface area contributed by atoms with E-state index in [2.05, 4.69) is 25.9 Å². The minimum atomic E-state index is -1.16. The number of H-pyrrole nitrogens is 1. The van der Waals surface area contributed by atoms with Crippen LogP contribution in [0.25, 0.3) is 0 Å². The van der Waals surface area contributed by atoms with Crippen molar-refractivity contribution in [1.82, 2.24) is 9.97 Å². The Hall–Kier alpha value is -3.96. The first-order valence-corrected chi connectivity index (χ1v) is 10.6. The minimum Gasteiger partial charge on any atom is -0.325 e. The lowest BCUT2D eigenvalue weighted by Gasteiger charge is -2.23. The average Bonchev–Trinajstić information content (AvgIpc) is 2.76. The lowest BCUT2D eigenvalue weighted by Crippen LogP contribution is -2.36. The Labute approximate surface area is 201 Å². The van der Waals surface area contributed by atoms with Crippen molar-refractivity contribution in [3.05, 3.63) is 78.0 Å². The molecule has 2 aromatic carbocycles. The van der Waals surface area contributed by atoms with Crippen LogP contribution in [-0.4, -0.2) is 26.7 Å². The maximum absolute atomic E-state index is 13.0. The van der Waals surface area contributed by atoms with E-state index in [0.29, 0.717) is 16.3 Å². The van der Waals surface area contributed by atoms with Crippen molar-refractivity contribution >= 4 is 63.8 Å². The van der Waals surface area contributed by atoms with E-state index in [9.17, 15) is 24.5 Å². The number of nitro groups is 1. The highest BCUT2D eigenvalue weighted by Gasteiger charge is 2.35. The third-order valence-electron chi connectivity index (χ3n) is 5.13. The van der Waals surface area contributed by atoms with Gasteiger partial charge >= 0.3 is 0 Å². The van der Waals surface area contributed by atoms with Crippen molar-refractivity contribution in [3.63, 3.8) is 0 Å². The van der Waals surface area contributed by atoms with Gasteiger partial charge in [-0.3, -0.25) is 29.5 Å². The number of aryl methyl sites for hydroxylation is 1. The van der Waals surface area contributed by atoms with Crippen LogP contribution in [0.1, 0.15) is 23.5 Å². The zero-order chi connectivity index (χ0) is 24.6. The molecule has 0 fully saturated rings. The Bertz CT molecular complexity index is 1410.